The first-order valence-corrected chi connectivity index (χ1v) is 8.61. The SMILES string of the molecule is O=C1CCC(C(=O)NCc2ccc(N3CCCCC3)cc2)CN1. The minimum Gasteiger partial charge on any atom is -0.372 e. The molecule has 2 saturated heterocycles. The molecule has 0 aromatic heterocycles. The van der Waals surface area contributed by atoms with Gasteiger partial charge < -0.3 is 15.5 Å². The summed E-state index contributed by atoms with van der Waals surface area (Å²) in [6, 6.07) is 8.47. The van der Waals surface area contributed by atoms with Crippen molar-refractivity contribution < 1.29 is 9.59 Å². The average Bonchev–Trinajstić information content (AvgIpc) is 2.61. The molecule has 1 unspecified atom stereocenters. The summed E-state index contributed by atoms with van der Waals surface area (Å²) in [4.78, 5) is 25.7. The van der Waals surface area contributed by atoms with Crippen LogP contribution in [0.1, 0.15) is 37.7 Å². The van der Waals surface area contributed by atoms with Crippen molar-refractivity contribution in [2.24, 2.45) is 5.92 Å². The van der Waals surface area contributed by atoms with Crippen LogP contribution < -0.4 is 15.5 Å². The molecule has 2 N–H and O–H groups in total. The maximum Gasteiger partial charge on any atom is 0.225 e. The number of rotatable bonds is 4. The van der Waals surface area contributed by atoms with Gasteiger partial charge in [-0.2, -0.15) is 0 Å². The summed E-state index contributed by atoms with van der Waals surface area (Å²) in [5.41, 5.74) is 2.38. The van der Waals surface area contributed by atoms with Crippen LogP contribution in [-0.4, -0.2) is 31.4 Å². The van der Waals surface area contributed by atoms with Crippen LogP contribution in [0, 0.1) is 5.92 Å². The highest BCUT2D eigenvalue weighted by molar-refractivity contribution is 5.83. The van der Waals surface area contributed by atoms with E-state index in [0.717, 1.165) is 18.7 Å². The molecule has 2 amide bonds. The van der Waals surface area contributed by atoms with Gasteiger partial charge in [0.25, 0.3) is 0 Å². The molecule has 1 aromatic rings. The first-order valence-electron chi connectivity index (χ1n) is 8.61. The Labute approximate surface area is 137 Å². The van der Waals surface area contributed by atoms with Gasteiger partial charge >= 0.3 is 0 Å². The fourth-order valence-corrected chi connectivity index (χ4v) is 3.27. The maximum atomic E-state index is 12.1. The molecule has 0 spiro atoms. The monoisotopic (exact) mass is 315 g/mol. The minimum atomic E-state index is -0.0969. The maximum absolute atomic E-state index is 12.1. The number of carbonyl (C=O) groups is 2. The predicted octanol–water partition coefficient (Wildman–Crippen LogP) is 1.82. The first-order chi connectivity index (χ1) is 11.2. The van der Waals surface area contributed by atoms with Gasteiger partial charge in [0, 0.05) is 38.3 Å². The lowest BCUT2D eigenvalue weighted by Crippen LogP contribution is -2.42. The van der Waals surface area contributed by atoms with Gasteiger partial charge in [-0.05, 0) is 43.4 Å². The molecule has 3 rings (SSSR count). The van der Waals surface area contributed by atoms with Crippen LogP contribution in [0.5, 0.6) is 0 Å². The molecular weight excluding hydrogens is 290 g/mol. The van der Waals surface area contributed by atoms with E-state index in [2.05, 4.69) is 39.8 Å². The molecule has 2 heterocycles. The molecule has 2 aliphatic rings. The van der Waals surface area contributed by atoms with E-state index >= 15 is 0 Å². The van der Waals surface area contributed by atoms with E-state index < -0.39 is 0 Å². The zero-order valence-corrected chi connectivity index (χ0v) is 13.5. The van der Waals surface area contributed by atoms with E-state index in [1.807, 2.05) is 0 Å². The standard InChI is InChI=1S/C18H25N3O2/c22-17-9-6-15(13-19-17)18(23)20-12-14-4-7-16(8-5-14)21-10-2-1-3-11-21/h4-5,7-8,15H,1-3,6,9-13H2,(H,19,22)(H,20,23). The fourth-order valence-electron chi connectivity index (χ4n) is 3.27. The van der Waals surface area contributed by atoms with Crippen LogP contribution in [0.15, 0.2) is 24.3 Å². The Morgan fingerprint density at radius 2 is 1.91 bits per heavy atom. The molecule has 0 aliphatic carbocycles. The van der Waals surface area contributed by atoms with E-state index in [1.165, 1.54) is 24.9 Å². The van der Waals surface area contributed by atoms with E-state index in [4.69, 9.17) is 0 Å². The predicted molar refractivity (Wildman–Crippen MR) is 90.1 cm³/mol. The van der Waals surface area contributed by atoms with Crippen LogP contribution in [0.4, 0.5) is 5.69 Å². The number of hydrogen-bond acceptors (Lipinski definition) is 3. The van der Waals surface area contributed by atoms with Crippen molar-refractivity contribution in [3.05, 3.63) is 29.8 Å². The summed E-state index contributed by atoms with van der Waals surface area (Å²) >= 11 is 0. The topological polar surface area (TPSA) is 61.4 Å². The highest BCUT2D eigenvalue weighted by Crippen LogP contribution is 2.20. The number of nitrogens with zero attached hydrogens (tertiary/aromatic N) is 1. The summed E-state index contributed by atoms with van der Waals surface area (Å²) in [6.45, 7) is 3.29. The largest absolute Gasteiger partial charge is 0.372 e. The third kappa shape index (κ3) is 4.24. The average molecular weight is 315 g/mol. The number of carbonyl (C=O) groups excluding carboxylic acids is 2. The molecule has 5 nitrogen and oxygen atoms in total. The van der Waals surface area contributed by atoms with E-state index in [1.54, 1.807) is 0 Å². The first kappa shape index (κ1) is 15.8. The van der Waals surface area contributed by atoms with Crippen LogP contribution in [0.2, 0.25) is 0 Å². The van der Waals surface area contributed by atoms with Crippen LogP contribution in [0.25, 0.3) is 0 Å². The molecule has 1 aromatic carbocycles. The van der Waals surface area contributed by atoms with Crippen molar-refractivity contribution in [2.75, 3.05) is 24.5 Å². The lowest BCUT2D eigenvalue weighted by Gasteiger charge is -2.28. The Morgan fingerprint density at radius 3 is 2.57 bits per heavy atom. The molecule has 0 saturated carbocycles. The minimum absolute atomic E-state index is 0.0325. The van der Waals surface area contributed by atoms with E-state index in [0.29, 0.717) is 25.9 Å². The van der Waals surface area contributed by atoms with Crippen molar-refractivity contribution in [3.8, 4) is 0 Å². The second-order valence-electron chi connectivity index (χ2n) is 6.47. The zero-order chi connectivity index (χ0) is 16.1. The summed E-state index contributed by atoms with van der Waals surface area (Å²) in [7, 11) is 0. The molecule has 2 aliphatic heterocycles. The zero-order valence-electron chi connectivity index (χ0n) is 13.5. The van der Waals surface area contributed by atoms with Gasteiger partial charge in [-0.25, -0.2) is 0 Å². The molecule has 2 fully saturated rings. The fraction of sp³-hybridized carbons (Fsp3) is 0.556. The van der Waals surface area contributed by atoms with Crippen molar-refractivity contribution in [1.29, 1.82) is 0 Å². The van der Waals surface area contributed by atoms with Gasteiger partial charge in [0.1, 0.15) is 0 Å². The number of hydrogen-bond donors (Lipinski definition) is 2. The second kappa shape index (κ2) is 7.49. The normalized spacial score (nSPS) is 21.7. The molecule has 0 bridgehead atoms. The summed E-state index contributed by atoms with van der Waals surface area (Å²) in [6.07, 6.45) is 4.97. The summed E-state index contributed by atoms with van der Waals surface area (Å²) < 4.78 is 0. The molecule has 5 heteroatoms. The summed E-state index contributed by atoms with van der Waals surface area (Å²) in [5, 5.41) is 5.73. The molecular formula is C18H25N3O2. The van der Waals surface area contributed by atoms with Crippen molar-refractivity contribution in [1.82, 2.24) is 10.6 Å². The van der Waals surface area contributed by atoms with Crippen LogP contribution in [0.3, 0.4) is 0 Å². The van der Waals surface area contributed by atoms with Crippen molar-refractivity contribution >= 4 is 17.5 Å². The lowest BCUT2D eigenvalue weighted by atomic mass is 9.98. The Hall–Kier alpha value is -2.04. The quantitative estimate of drug-likeness (QED) is 0.891. The molecule has 1 atom stereocenters. The number of piperidine rings is 2. The van der Waals surface area contributed by atoms with Gasteiger partial charge in [-0.3, -0.25) is 9.59 Å². The number of anilines is 1. The summed E-state index contributed by atoms with van der Waals surface area (Å²) in [5.74, 6) is -0.0206. The van der Waals surface area contributed by atoms with Gasteiger partial charge in [0.15, 0.2) is 0 Å². The van der Waals surface area contributed by atoms with Gasteiger partial charge in [0.05, 0.1) is 5.92 Å². The van der Waals surface area contributed by atoms with Gasteiger partial charge in [-0.15, -0.1) is 0 Å². The van der Waals surface area contributed by atoms with Gasteiger partial charge in [-0.1, -0.05) is 12.1 Å². The highest BCUT2D eigenvalue weighted by atomic mass is 16.2. The number of nitrogens with one attached hydrogen (secondary N) is 2. The van der Waals surface area contributed by atoms with E-state index in [9.17, 15) is 9.59 Å². The third-order valence-electron chi connectivity index (χ3n) is 4.76. The Kier molecular flexibility index (Phi) is 5.16. The number of benzene rings is 1. The lowest BCUT2D eigenvalue weighted by molar-refractivity contribution is -0.129. The van der Waals surface area contributed by atoms with Crippen LogP contribution >= 0.6 is 0 Å². The Morgan fingerprint density at radius 1 is 1.17 bits per heavy atom. The Balaban J connectivity index is 1.48. The highest BCUT2D eigenvalue weighted by Gasteiger charge is 2.24. The third-order valence-corrected chi connectivity index (χ3v) is 4.76. The molecule has 0 radical (unpaired) electrons. The van der Waals surface area contributed by atoms with Crippen LogP contribution in [-0.2, 0) is 16.1 Å². The molecule has 23 heavy (non-hydrogen) atoms. The Bertz CT molecular complexity index is 540. The van der Waals surface area contributed by atoms with Crippen molar-refractivity contribution in [2.45, 2.75) is 38.6 Å². The smallest absolute Gasteiger partial charge is 0.225 e. The second-order valence-corrected chi connectivity index (χ2v) is 6.47. The van der Waals surface area contributed by atoms with E-state index in [-0.39, 0.29) is 17.7 Å². The number of amides is 2. The van der Waals surface area contributed by atoms with Gasteiger partial charge in [0.2, 0.25) is 11.8 Å². The van der Waals surface area contributed by atoms with Crippen molar-refractivity contribution in [3.63, 3.8) is 0 Å². The molecule has 124 valence electrons.